The van der Waals surface area contributed by atoms with Gasteiger partial charge >= 0.3 is 0 Å². The van der Waals surface area contributed by atoms with Gasteiger partial charge in [-0.2, -0.15) is 0 Å². The van der Waals surface area contributed by atoms with Crippen molar-refractivity contribution in [1.29, 1.82) is 0 Å². The van der Waals surface area contributed by atoms with Crippen LogP contribution in [0, 0.1) is 5.92 Å². The summed E-state index contributed by atoms with van der Waals surface area (Å²) < 4.78 is 37.7. The minimum atomic E-state index is -2.16. The van der Waals surface area contributed by atoms with Crippen LogP contribution in [0.1, 0.15) is 106 Å². The molecule has 6 atom stereocenters. The molecule has 0 bridgehead atoms. The summed E-state index contributed by atoms with van der Waals surface area (Å²) in [5.41, 5.74) is 3.73. The van der Waals surface area contributed by atoms with Gasteiger partial charge in [-0.05, 0) is 86.2 Å². The highest BCUT2D eigenvalue weighted by atomic mass is 28.4. The third kappa shape index (κ3) is 12.7. The van der Waals surface area contributed by atoms with Gasteiger partial charge in [-0.1, -0.05) is 97.1 Å². The predicted octanol–water partition coefficient (Wildman–Crippen LogP) is 9.70. The Hall–Kier alpha value is -1.78. The maximum atomic E-state index is 9.37. The summed E-state index contributed by atoms with van der Waals surface area (Å²) in [6, 6.07) is 8.00. The SMILES string of the molecule is C=C(CC(/C=C/C[C@@H](OCc1ccc(OC)cc1)[C@@H]1COC(C)(C)O1)O[Si](C(C)C)(C(C)C)C(C)C)C[C@H](C)C[C@@H]1CC=C[C@@H](CCO)O1. The zero-order valence-corrected chi connectivity index (χ0v) is 33.3. The fourth-order valence-corrected chi connectivity index (χ4v) is 13.4. The lowest BCUT2D eigenvalue weighted by atomic mass is 9.91. The lowest BCUT2D eigenvalue weighted by Gasteiger charge is -2.44. The topological polar surface area (TPSA) is 75.6 Å². The second-order valence-corrected chi connectivity index (χ2v) is 21.1. The molecule has 49 heavy (non-hydrogen) atoms. The third-order valence-electron chi connectivity index (χ3n) is 10.2. The Balaban J connectivity index is 1.76. The van der Waals surface area contributed by atoms with E-state index >= 15 is 0 Å². The van der Waals surface area contributed by atoms with E-state index in [0.29, 0.717) is 48.6 Å². The Bertz CT molecular complexity index is 1150. The van der Waals surface area contributed by atoms with Crippen molar-refractivity contribution in [2.45, 2.75) is 160 Å². The Morgan fingerprint density at radius 3 is 2.29 bits per heavy atom. The highest BCUT2D eigenvalue weighted by Crippen LogP contribution is 2.44. The minimum absolute atomic E-state index is 0.0135. The lowest BCUT2D eigenvalue weighted by Crippen LogP contribution is -2.50. The molecular weight excluding hydrogens is 633 g/mol. The van der Waals surface area contributed by atoms with Crippen LogP contribution >= 0.6 is 0 Å². The molecule has 3 rings (SSSR count). The normalized spacial score (nSPS) is 23.1. The molecule has 0 spiro atoms. The minimum Gasteiger partial charge on any atom is -0.497 e. The average molecular weight is 701 g/mol. The monoisotopic (exact) mass is 700 g/mol. The fraction of sp³-hybridized carbons (Fsp3) is 0.707. The molecule has 8 heteroatoms. The summed E-state index contributed by atoms with van der Waals surface area (Å²) in [7, 11) is -0.488. The second-order valence-electron chi connectivity index (χ2n) is 15.7. The molecule has 0 radical (unpaired) electrons. The summed E-state index contributed by atoms with van der Waals surface area (Å²) in [5.74, 6) is 0.630. The van der Waals surface area contributed by atoms with E-state index in [9.17, 15) is 5.11 Å². The van der Waals surface area contributed by atoms with Crippen LogP contribution in [-0.4, -0.2) is 70.1 Å². The van der Waals surface area contributed by atoms with Gasteiger partial charge in [-0.15, -0.1) is 0 Å². The maximum Gasteiger partial charge on any atom is 0.201 e. The quantitative estimate of drug-likeness (QED) is 0.101. The molecule has 1 unspecified atom stereocenters. The zero-order valence-electron chi connectivity index (χ0n) is 32.3. The molecule has 1 aromatic rings. The van der Waals surface area contributed by atoms with Gasteiger partial charge in [-0.25, -0.2) is 0 Å². The molecule has 2 aliphatic heterocycles. The van der Waals surface area contributed by atoms with Crippen LogP contribution in [0.2, 0.25) is 16.6 Å². The number of aliphatic hydroxyl groups is 1. The first kappa shape index (κ1) is 41.6. The first-order valence-electron chi connectivity index (χ1n) is 18.7. The largest absolute Gasteiger partial charge is 0.497 e. The van der Waals surface area contributed by atoms with Crippen LogP contribution in [0.15, 0.2) is 60.7 Å². The van der Waals surface area contributed by atoms with E-state index in [4.69, 9.17) is 28.1 Å². The van der Waals surface area contributed by atoms with Gasteiger partial charge in [0.15, 0.2) is 5.79 Å². The van der Waals surface area contributed by atoms with Crippen molar-refractivity contribution in [2.75, 3.05) is 20.3 Å². The number of hydrogen-bond donors (Lipinski definition) is 1. The van der Waals surface area contributed by atoms with Crippen LogP contribution in [0.3, 0.4) is 0 Å². The Kier molecular flexibility index (Phi) is 16.8. The van der Waals surface area contributed by atoms with Crippen LogP contribution in [0.25, 0.3) is 0 Å². The predicted molar refractivity (Wildman–Crippen MR) is 202 cm³/mol. The highest BCUT2D eigenvalue weighted by Gasteiger charge is 2.46. The summed E-state index contributed by atoms with van der Waals surface area (Å²) in [6.07, 6.45) is 13.5. The first-order valence-corrected chi connectivity index (χ1v) is 20.8. The Morgan fingerprint density at radius 1 is 1.04 bits per heavy atom. The number of methoxy groups -OCH3 is 1. The third-order valence-corrected chi connectivity index (χ3v) is 16.3. The van der Waals surface area contributed by atoms with E-state index in [2.05, 4.69) is 79.3 Å². The maximum absolute atomic E-state index is 9.37. The highest BCUT2D eigenvalue weighted by molar-refractivity contribution is 6.77. The van der Waals surface area contributed by atoms with E-state index in [1.165, 1.54) is 5.57 Å². The van der Waals surface area contributed by atoms with Crippen molar-refractivity contribution in [3.8, 4) is 5.75 Å². The molecule has 1 fully saturated rings. The van der Waals surface area contributed by atoms with Crippen molar-refractivity contribution in [3.63, 3.8) is 0 Å². The van der Waals surface area contributed by atoms with Crippen molar-refractivity contribution in [2.24, 2.45) is 5.92 Å². The molecule has 0 amide bonds. The van der Waals surface area contributed by atoms with E-state index in [-0.39, 0.29) is 37.1 Å². The number of benzene rings is 1. The molecule has 1 aromatic carbocycles. The first-order chi connectivity index (χ1) is 23.2. The summed E-state index contributed by atoms with van der Waals surface area (Å²) in [5, 5.41) is 9.37. The standard InChI is InChI=1S/C41H68O7Si/c1-29(2)49(30(3)4,31(5)6)48-38(26-33(8)24-32(7)25-37-15-12-14-36(46-37)22-23-42)16-13-17-39(40-28-45-41(9,10)47-40)44-27-34-18-20-35(43-11)21-19-34/h12-14,16,18-21,29-32,36-40,42H,8,15,17,22-28H2,1-7,9-11H3/b16-13+/t32-,36-,37-,38?,39+,40-/m0/s1. The molecule has 1 N–H and O–H groups in total. The van der Waals surface area contributed by atoms with Crippen LogP contribution in [0.5, 0.6) is 5.75 Å². The Morgan fingerprint density at radius 2 is 1.71 bits per heavy atom. The van der Waals surface area contributed by atoms with Gasteiger partial charge in [0.05, 0.1) is 44.7 Å². The molecule has 1 saturated heterocycles. The molecule has 0 aliphatic carbocycles. The van der Waals surface area contributed by atoms with Crippen molar-refractivity contribution < 1.29 is 33.2 Å². The van der Waals surface area contributed by atoms with Gasteiger partial charge < -0.3 is 33.2 Å². The summed E-state index contributed by atoms with van der Waals surface area (Å²) in [6.45, 7) is 26.0. The Labute approximate surface area is 299 Å². The number of rotatable bonds is 21. The van der Waals surface area contributed by atoms with E-state index < -0.39 is 14.1 Å². The summed E-state index contributed by atoms with van der Waals surface area (Å²) in [4.78, 5) is 0. The molecule has 0 aromatic heterocycles. The van der Waals surface area contributed by atoms with Gasteiger partial charge in [0, 0.05) is 13.0 Å². The van der Waals surface area contributed by atoms with Crippen LogP contribution < -0.4 is 4.74 Å². The smallest absolute Gasteiger partial charge is 0.201 e. The second kappa shape index (κ2) is 19.7. The molecule has 2 heterocycles. The van der Waals surface area contributed by atoms with Gasteiger partial charge in [0.25, 0.3) is 0 Å². The molecule has 0 saturated carbocycles. The van der Waals surface area contributed by atoms with Crippen molar-refractivity contribution >= 4 is 8.32 Å². The summed E-state index contributed by atoms with van der Waals surface area (Å²) >= 11 is 0. The van der Waals surface area contributed by atoms with Crippen LogP contribution in [0.4, 0.5) is 0 Å². The molecule has 2 aliphatic rings. The van der Waals surface area contributed by atoms with E-state index in [1.54, 1.807) is 7.11 Å². The average Bonchev–Trinajstić information content (AvgIpc) is 3.40. The number of aliphatic hydroxyl groups excluding tert-OH is 1. The van der Waals surface area contributed by atoms with Crippen LogP contribution in [-0.2, 0) is 30.0 Å². The molecule has 7 nitrogen and oxygen atoms in total. The van der Waals surface area contributed by atoms with E-state index in [1.807, 2.05) is 38.1 Å². The molecule has 278 valence electrons. The fourth-order valence-electron chi connectivity index (χ4n) is 7.90. The van der Waals surface area contributed by atoms with E-state index in [0.717, 1.165) is 37.0 Å². The number of hydrogen-bond acceptors (Lipinski definition) is 7. The van der Waals surface area contributed by atoms with Crippen molar-refractivity contribution in [3.05, 3.63) is 66.3 Å². The van der Waals surface area contributed by atoms with Gasteiger partial charge in [0.2, 0.25) is 8.32 Å². The van der Waals surface area contributed by atoms with Gasteiger partial charge in [-0.3, -0.25) is 0 Å². The molecular formula is C41H68O7Si. The lowest BCUT2D eigenvalue weighted by molar-refractivity contribution is -0.157. The van der Waals surface area contributed by atoms with Crippen molar-refractivity contribution in [1.82, 2.24) is 0 Å². The zero-order chi connectivity index (χ0) is 36.2. The van der Waals surface area contributed by atoms with Gasteiger partial charge in [0.1, 0.15) is 11.9 Å². The number of ether oxygens (including phenoxy) is 5.